The Bertz CT molecular complexity index is 1130. The SMILES string of the molecule is O=S(=O)(c1ccc(F)cc1)N1CCCN(S(=O)(=O)c2ccc3c(c2)CCCC3)CC1. The molecule has 0 saturated carbocycles. The Morgan fingerprint density at radius 3 is 1.80 bits per heavy atom. The van der Waals surface area contributed by atoms with Gasteiger partial charge in [-0.05, 0) is 79.6 Å². The summed E-state index contributed by atoms with van der Waals surface area (Å²) in [5.41, 5.74) is 2.31. The van der Waals surface area contributed by atoms with Crippen LogP contribution in [-0.2, 0) is 32.9 Å². The van der Waals surface area contributed by atoms with Crippen molar-refractivity contribution in [3.63, 3.8) is 0 Å². The van der Waals surface area contributed by atoms with Gasteiger partial charge in [0.15, 0.2) is 0 Å². The molecule has 0 bridgehead atoms. The molecule has 0 spiro atoms. The van der Waals surface area contributed by atoms with Crippen LogP contribution in [0.1, 0.15) is 30.4 Å². The Morgan fingerprint density at radius 1 is 0.633 bits per heavy atom. The van der Waals surface area contributed by atoms with Crippen molar-refractivity contribution in [3.05, 3.63) is 59.4 Å². The second-order valence-corrected chi connectivity index (χ2v) is 11.6. The van der Waals surface area contributed by atoms with Gasteiger partial charge in [-0.15, -0.1) is 0 Å². The molecule has 0 aromatic heterocycles. The predicted octanol–water partition coefficient (Wildman–Crippen LogP) is 2.79. The van der Waals surface area contributed by atoms with Crippen molar-refractivity contribution in [1.29, 1.82) is 0 Å². The third-order valence-corrected chi connectivity index (χ3v) is 9.63. The first-order valence-electron chi connectivity index (χ1n) is 10.2. The summed E-state index contributed by atoms with van der Waals surface area (Å²) in [5, 5.41) is 0. The van der Waals surface area contributed by atoms with E-state index in [0.717, 1.165) is 43.4 Å². The average Bonchev–Trinajstić information content (AvgIpc) is 3.01. The van der Waals surface area contributed by atoms with Crippen LogP contribution in [0, 0.1) is 5.82 Å². The molecule has 2 aromatic rings. The van der Waals surface area contributed by atoms with Crippen LogP contribution in [0.25, 0.3) is 0 Å². The lowest BCUT2D eigenvalue weighted by atomic mass is 9.92. The van der Waals surface area contributed by atoms with Crippen molar-refractivity contribution in [2.75, 3.05) is 26.2 Å². The molecule has 4 rings (SSSR count). The van der Waals surface area contributed by atoms with Crippen LogP contribution in [0.5, 0.6) is 0 Å². The summed E-state index contributed by atoms with van der Waals surface area (Å²) < 4.78 is 68.0. The quantitative estimate of drug-likeness (QED) is 0.715. The Balaban J connectivity index is 1.53. The van der Waals surface area contributed by atoms with Gasteiger partial charge in [-0.3, -0.25) is 0 Å². The number of halogens is 1. The van der Waals surface area contributed by atoms with E-state index in [0.29, 0.717) is 6.42 Å². The molecule has 1 heterocycles. The maximum atomic E-state index is 13.2. The zero-order valence-corrected chi connectivity index (χ0v) is 18.3. The standard InChI is InChI=1S/C21H25FN2O4S2/c22-19-7-10-20(11-8-19)29(25,26)23-12-3-13-24(15-14-23)30(27,28)21-9-6-17-4-1-2-5-18(17)16-21/h6-11,16H,1-5,12-15H2. The zero-order valence-electron chi connectivity index (χ0n) is 16.6. The number of rotatable bonds is 4. The molecular formula is C21H25FN2O4S2. The Labute approximate surface area is 177 Å². The van der Waals surface area contributed by atoms with Crippen LogP contribution >= 0.6 is 0 Å². The van der Waals surface area contributed by atoms with Gasteiger partial charge >= 0.3 is 0 Å². The van der Waals surface area contributed by atoms with E-state index in [9.17, 15) is 21.2 Å². The number of nitrogens with zero attached hydrogens (tertiary/aromatic N) is 2. The van der Waals surface area contributed by atoms with Crippen molar-refractivity contribution in [3.8, 4) is 0 Å². The van der Waals surface area contributed by atoms with Gasteiger partial charge < -0.3 is 0 Å². The first-order chi connectivity index (χ1) is 14.3. The molecule has 0 unspecified atom stereocenters. The normalized spacial score (nSPS) is 19.2. The zero-order chi connectivity index (χ0) is 21.4. The summed E-state index contributed by atoms with van der Waals surface area (Å²) in [6, 6.07) is 10.0. The first-order valence-corrected chi connectivity index (χ1v) is 13.0. The molecule has 1 aliphatic carbocycles. The molecule has 1 aliphatic heterocycles. The maximum Gasteiger partial charge on any atom is 0.243 e. The van der Waals surface area contributed by atoms with Crippen LogP contribution in [0.15, 0.2) is 52.3 Å². The molecule has 0 N–H and O–H groups in total. The number of fused-ring (bicyclic) bond motifs is 1. The first kappa shape index (κ1) is 21.4. The minimum Gasteiger partial charge on any atom is -0.207 e. The average molecular weight is 453 g/mol. The van der Waals surface area contributed by atoms with Gasteiger partial charge in [0.1, 0.15) is 5.82 Å². The topological polar surface area (TPSA) is 74.8 Å². The molecule has 0 amide bonds. The van der Waals surface area contributed by atoms with Crippen LogP contribution in [0.2, 0.25) is 0 Å². The summed E-state index contributed by atoms with van der Waals surface area (Å²) in [7, 11) is -7.50. The van der Waals surface area contributed by atoms with E-state index in [-0.39, 0.29) is 36.0 Å². The monoisotopic (exact) mass is 452 g/mol. The van der Waals surface area contributed by atoms with Gasteiger partial charge in [-0.2, -0.15) is 8.61 Å². The summed E-state index contributed by atoms with van der Waals surface area (Å²) in [5.74, 6) is -0.507. The Hall–Kier alpha value is -1.81. The lowest BCUT2D eigenvalue weighted by Crippen LogP contribution is -2.37. The third kappa shape index (κ3) is 4.16. The van der Waals surface area contributed by atoms with Crippen molar-refractivity contribution in [1.82, 2.24) is 8.61 Å². The maximum absolute atomic E-state index is 13.2. The fourth-order valence-electron chi connectivity index (χ4n) is 4.13. The van der Waals surface area contributed by atoms with Crippen molar-refractivity contribution >= 4 is 20.0 Å². The fourth-order valence-corrected chi connectivity index (χ4v) is 7.12. The highest BCUT2D eigenvalue weighted by atomic mass is 32.2. The summed E-state index contributed by atoms with van der Waals surface area (Å²) >= 11 is 0. The molecule has 162 valence electrons. The van der Waals surface area contributed by atoms with E-state index < -0.39 is 25.9 Å². The summed E-state index contributed by atoms with van der Waals surface area (Å²) in [6.45, 7) is 0.620. The minimum absolute atomic E-state index is 0.00916. The van der Waals surface area contributed by atoms with Crippen LogP contribution in [0.4, 0.5) is 4.39 Å². The van der Waals surface area contributed by atoms with E-state index in [1.807, 2.05) is 6.07 Å². The van der Waals surface area contributed by atoms with E-state index in [1.165, 1.54) is 26.3 Å². The van der Waals surface area contributed by atoms with Gasteiger partial charge in [-0.1, -0.05) is 6.07 Å². The molecular weight excluding hydrogens is 427 g/mol. The minimum atomic E-state index is -3.80. The van der Waals surface area contributed by atoms with Gasteiger partial charge in [0.25, 0.3) is 0 Å². The van der Waals surface area contributed by atoms with E-state index in [2.05, 4.69) is 0 Å². The highest BCUT2D eigenvalue weighted by molar-refractivity contribution is 7.89. The van der Waals surface area contributed by atoms with Crippen molar-refractivity contribution in [2.24, 2.45) is 0 Å². The predicted molar refractivity (Wildman–Crippen MR) is 112 cm³/mol. The van der Waals surface area contributed by atoms with E-state index in [1.54, 1.807) is 12.1 Å². The molecule has 0 atom stereocenters. The smallest absolute Gasteiger partial charge is 0.207 e. The largest absolute Gasteiger partial charge is 0.243 e. The molecule has 2 aromatic carbocycles. The third-order valence-electron chi connectivity index (χ3n) is 5.82. The highest BCUT2D eigenvalue weighted by Gasteiger charge is 2.32. The summed E-state index contributed by atoms with van der Waals surface area (Å²) in [6.07, 6.45) is 4.46. The summed E-state index contributed by atoms with van der Waals surface area (Å²) in [4.78, 5) is 0.285. The molecule has 1 saturated heterocycles. The number of hydrogen-bond acceptors (Lipinski definition) is 4. The highest BCUT2D eigenvalue weighted by Crippen LogP contribution is 2.27. The van der Waals surface area contributed by atoms with Crippen LogP contribution in [0.3, 0.4) is 0 Å². The van der Waals surface area contributed by atoms with Crippen LogP contribution in [-0.4, -0.2) is 51.6 Å². The molecule has 9 heteroatoms. The molecule has 2 aliphatic rings. The van der Waals surface area contributed by atoms with Gasteiger partial charge in [0, 0.05) is 26.2 Å². The van der Waals surface area contributed by atoms with E-state index >= 15 is 0 Å². The van der Waals surface area contributed by atoms with Gasteiger partial charge in [0.2, 0.25) is 20.0 Å². The second-order valence-electron chi connectivity index (χ2n) is 7.75. The van der Waals surface area contributed by atoms with Crippen molar-refractivity contribution < 1.29 is 21.2 Å². The van der Waals surface area contributed by atoms with E-state index in [4.69, 9.17) is 0 Å². The number of aryl methyl sites for hydroxylation is 2. The number of hydrogen-bond donors (Lipinski definition) is 0. The lowest BCUT2D eigenvalue weighted by molar-refractivity contribution is 0.404. The lowest BCUT2D eigenvalue weighted by Gasteiger charge is -2.23. The number of sulfonamides is 2. The molecule has 0 radical (unpaired) electrons. The van der Waals surface area contributed by atoms with Crippen LogP contribution < -0.4 is 0 Å². The molecule has 30 heavy (non-hydrogen) atoms. The number of benzene rings is 2. The van der Waals surface area contributed by atoms with Gasteiger partial charge in [0.05, 0.1) is 9.79 Å². The molecule has 1 fully saturated rings. The van der Waals surface area contributed by atoms with Crippen molar-refractivity contribution in [2.45, 2.75) is 41.9 Å². The Morgan fingerprint density at radius 2 is 1.17 bits per heavy atom. The fraction of sp³-hybridized carbons (Fsp3) is 0.429. The Kier molecular flexibility index (Phi) is 5.98. The van der Waals surface area contributed by atoms with Gasteiger partial charge in [-0.25, -0.2) is 21.2 Å². The molecule has 6 nitrogen and oxygen atoms in total. The second kappa shape index (κ2) is 8.37.